The molecule has 17 heteroatoms. The van der Waals surface area contributed by atoms with E-state index in [9.17, 15) is 29.4 Å². The van der Waals surface area contributed by atoms with E-state index in [-0.39, 0.29) is 11.4 Å². The number of aliphatic hydroxyl groups is 1. The molecule has 2 aliphatic rings. The van der Waals surface area contributed by atoms with E-state index in [0.717, 1.165) is 13.0 Å². The number of amides is 1. The number of methoxy groups -OCH3 is 1. The number of esters is 1. The summed E-state index contributed by atoms with van der Waals surface area (Å²) in [6, 6.07) is 10.9. The lowest BCUT2D eigenvalue weighted by Gasteiger charge is -2.46. The van der Waals surface area contributed by atoms with Crippen LogP contribution in [0.15, 0.2) is 60.8 Å². The molecule has 3 N–H and O–H groups in total. The summed E-state index contributed by atoms with van der Waals surface area (Å²) in [6.45, 7) is 6.60. The average Bonchev–Trinajstić information content (AvgIpc) is 3.23. The number of hydrogen-bond acceptors (Lipinski definition) is 12. The second-order valence-electron chi connectivity index (χ2n) is 11.6. The zero-order valence-electron chi connectivity index (χ0n) is 26.6. The SMILES string of the molecule is COC1(C)NC(=O)C=CN1[C@@H]1O[C@H](COP(=O)(N[C@@H](C)C(=O)OC(C)C)Oc2ccc(-c3ccc([N+](=O)[O-])cc3)cc2)[C@@H](O)[C@@]1(C)F. The number of benzene rings is 2. The molecular formula is C30H38FN4O11P. The second-order valence-corrected chi connectivity index (χ2v) is 13.3. The van der Waals surface area contributed by atoms with Gasteiger partial charge >= 0.3 is 13.7 Å². The van der Waals surface area contributed by atoms with Crippen molar-refractivity contribution < 1.29 is 51.8 Å². The minimum Gasteiger partial charge on any atom is -0.462 e. The largest absolute Gasteiger partial charge is 0.462 e. The number of halogens is 1. The smallest absolute Gasteiger partial charge is 0.459 e. The van der Waals surface area contributed by atoms with Gasteiger partial charge in [-0.05, 0) is 63.1 Å². The van der Waals surface area contributed by atoms with Crippen molar-refractivity contribution in [2.45, 2.75) is 76.7 Å². The Kier molecular flexibility index (Phi) is 10.7. The topological polar surface area (TPSA) is 188 Å². The summed E-state index contributed by atoms with van der Waals surface area (Å²) in [6.07, 6.45) is -2.70. The molecule has 47 heavy (non-hydrogen) atoms. The van der Waals surface area contributed by atoms with Crippen LogP contribution in [0.25, 0.3) is 11.1 Å². The molecule has 256 valence electrons. The predicted octanol–water partition coefficient (Wildman–Crippen LogP) is 3.77. The van der Waals surface area contributed by atoms with Gasteiger partial charge in [0, 0.05) is 38.4 Å². The van der Waals surface area contributed by atoms with Crippen molar-refractivity contribution in [1.29, 1.82) is 0 Å². The van der Waals surface area contributed by atoms with Crippen LogP contribution in [0.3, 0.4) is 0 Å². The van der Waals surface area contributed by atoms with Gasteiger partial charge in [0.1, 0.15) is 24.0 Å². The van der Waals surface area contributed by atoms with Crippen LogP contribution < -0.4 is 14.9 Å². The number of hydrogen-bond donors (Lipinski definition) is 3. The van der Waals surface area contributed by atoms with Gasteiger partial charge in [-0.1, -0.05) is 12.1 Å². The predicted molar refractivity (Wildman–Crippen MR) is 165 cm³/mol. The Labute approximate surface area is 270 Å². The quantitative estimate of drug-likeness (QED) is 0.120. The number of nitro benzene ring substituents is 1. The van der Waals surface area contributed by atoms with Gasteiger partial charge < -0.3 is 34.1 Å². The normalized spacial score (nSPS) is 27.6. The summed E-state index contributed by atoms with van der Waals surface area (Å²) in [4.78, 5) is 36.2. The number of rotatable bonds is 13. The number of nitro groups is 1. The molecule has 0 aliphatic carbocycles. The van der Waals surface area contributed by atoms with E-state index in [1.54, 1.807) is 38.1 Å². The molecule has 4 rings (SSSR count). The standard InChI is InChI=1S/C30H38FN4O11P/c1-18(2)44-27(38)19(3)33-47(41,46-23-13-9-21(10-14-23)20-7-11-22(12-8-20)35(39)40)43-17-24-26(37)29(4,31)28(45-24)34-16-15-25(36)32-30(34,5)42-6/h7-16,18-19,24,26,28,37H,17H2,1-6H3,(H,32,36)(H,33,41)/t19-,24+,26+,28+,29+,30?,47?/m0/s1. The van der Waals surface area contributed by atoms with Crippen LogP contribution in [-0.4, -0.2) is 82.6 Å². The first-order valence-electron chi connectivity index (χ1n) is 14.6. The number of carbonyl (C=O) groups excluding carboxylic acids is 2. The average molecular weight is 681 g/mol. The first-order valence-corrected chi connectivity index (χ1v) is 16.2. The van der Waals surface area contributed by atoms with E-state index in [0.29, 0.717) is 11.1 Å². The maximum absolute atomic E-state index is 16.0. The minimum absolute atomic E-state index is 0.0575. The Balaban J connectivity index is 1.54. The minimum atomic E-state index is -4.46. The highest BCUT2D eigenvalue weighted by molar-refractivity contribution is 7.52. The monoisotopic (exact) mass is 680 g/mol. The molecule has 0 saturated carbocycles. The van der Waals surface area contributed by atoms with Gasteiger partial charge in [-0.2, -0.15) is 5.09 Å². The maximum atomic E-state index is 16.0. The Morgan fingerprint density at radius 1 is 1.17 bits per heavy atom. The molecule has 0 bridgehead atoms. The fourth-order valence-electron chi connectivity index (χ4n) is 4.94. The molecule has 0 radical (unpaired) electrons. The van der Waals surface area contributed by atoms with Gasteiger partial charge in [0.15, 0.2) is 11.9 Å². The summed E-state index contributed by atoms with van der Waals surface area (Å²) < 4.78 is 58.0. The fraction of sp³-hybridized carbons (Fsp3) is 0.467. The van der Waals surface area contributed by atoms with Crippen molar-refractivity contribution in [2.24, 2.45) is 0 Å². The number of aliphatic hydroxyl groups excluding tert-OH is 1. The van der Waals surface area contributed by atoms with Crippen molar-refractivity contribution in [1.82, 2.24) is 15.3 Å². The zero-order valence-corrected chi connectivity index (χ0v) is 27.5. The van der Waals surface area contributed by atoms with E-state index < -0.39 is 73.3 Å². The maximum Gasteiger partial charge on any atom is 0.459 e. The van der Waals surface area contributed by atoms with Crippen LogP contribution in [-0.2, 0) is 32.9 Å². The Morgan fingerprint density at radius 3 is 2.32 bits per heavy atom. The van der Waals surface area contributed by atoms with Gasteiger partial charge in [-0.15, -0.1) is 0 Å². The Hall–Kier alpha value is -3.92. The molecular weight excluding hydrogens is 642 g/mol. The van der Waals surface area contributed by atoms with Gasteiger partial charge in [0.2, 0.25) is 11.8 Å². The number of non-ortho nitro benzene ring substituents is 1. The van der Waals surface area contributed by atoms with Crippen molar-refractivity contribution in [3.63, 3.8) is 0 Å². The molecule has 2 aromatic rings. The summed E-state index contributed by atoms with van der Waals surface area (Å²) in [7, 11) is -3.16. The number of alkyl halides is 1. The molecule has 2 aliphatic heterocycles. The van der Waals surface area contributed by atoms with Crippen LogP contribution in [0.5, 0.6) is 5.75 Å². The number of ether oxygens (including phenoxy) is 3. The van der Waals surface area contributed by atoms with E-state index in [1.807, 2.05) is 0 Å². The molecule has 0 aromatic heterocycles. The third kappa shape index (κ3) is 8.15. The molecule has 2 unspecified atom stereocenters. The fourth-order valence-corrected chi connectivity index (χ4v) is 6.44. The lowest BCUT2D eigenvalue weighted by molar-refractivity contribution is -0.384. The molecule has 1 fully saturated rings. The molecule has 2 heterocycles. The number of nitrogens with zero attached hydrogens (tertiary/aromatic N) is 2. The highest BCUT2D eigenvalue weighted by Gasteiger charge is 2.59. The van der Waals surface area contributed by atoms with Crippen LogP contribution in [0.2, 0.25) is 0 Å². The van der Waals surface area contributed by atoms with Crippen molar-refractivity contribution in [3.05, 3.63) is 70.9 Å². The molecule has 2 aromatic carbocycles. The van der Waals surface area contributed by atoms with Gasteiger partial charge in [0.25, 0.3) is 5.69 Å². The van der Waals surface area contributed by atoms with E-state index in [4.69, 9.17) is 23.3 Å². The van der Waals surface area contributed by atoms with Crippen LogP contribution >= 0.6 is 7.75 Å². The molecule has 1 saturated heterocycles. The van der Waals surface area contributed by atoms with Crippen molar-refractivity contribution in [2.75, 3.05) is 13.7 Å². The van der Waals surface area contributed by atoms with Gasteiger partial charge in [0.05, 0.1) is 17.6 Å². The zero-order chi connectivity index (χ0) is 34.7. The van der Waals surface area contributed by atoms with E-state index >= 15 is 4.39 Å². The first kappa shape index (κ1) is 35.9. The summed E-state index contributed by atoms with van der Waals surface area (Å²) in [5, 5.41) is 27.0. The van der Waals surface area contributed by atoms with Gasteiger partial charge in [-0.25, -0.2) is 8.96 Å². The number of nitrogens with one attached hydrogen (secondary N) is 2. The second kappa shape index (κ2) is 14.1. The summed E-state index contributed by atoms with van der Waals surface area (Å²) in [5.41, 5.74) is -1.15. The molecule has 7 atom stereocenters. The third-order valence-electron chi connectivity index (χ3n) is 7.56. The van der Waals surface area contributed by atoms with Crippen LogP contribution in [0.4, 0.5) is 10.1 Å². The Bertz CT molecular complexity index is 1540. The molecule has 1 amide bonds. The number of carbonyl (C=O) groups is 2. The highest BCUT2D eigenvalue weighted by atomic mass is 31.2. The highest BCUT2D eigenvalue weighted by Crippen LogP contribution is 2.47. The van der Waals surface area contributed by atoms with Crippen LogP contribution in [0.1, 0.15) is 34.6 Å². The lowest BCUT2D eigenvalue weighted by atomic mass is 9.97. The summed E-state index contributed by atoms with van der Waals surface area (Å²) in [5.74, 6) is -2.69. The van der Waals surface area contributed by atoms with Crippen molar-refractivity contribution in [3.8, 4) is 16.9 Å². The van der Waals surface area contributed by atoms with E-state index in [2.05, 4.69) is 10.4 Å². The first-order chi connectivity index (χ1) is 22.0. The molecule has 0 spiro atoms. The summed E-state index contributed by atoms with van der Waals surface area (Å²) >= 11 is 0. The van der Waals surface area contributed by atoms with Crippen LogP contribution in [0, 0.1) is 10.1 Å². The Morgan fingerprint density at radius 2 is 1.77 bits per heavy atom. The third-order valence-corrected chi connectivity index (χ3v) is 9.20. The van der Waals surface area contributed by atoms with Crippen molar-refractivity contribution >= 4 is 25.3 Å². The molecule has 15 nitrogen and oxygen atoms in total. The lowest BCUT2D eigenvalue weighted by Crippen LogP contribution is -2.66. The van der Waals surface area contributed by atoms with Gasteiger partial charge in [-0.3, -0.25) is 24.2 Å². The van der Waals surface area contributed by atoms with E-state index in [1.165, 1.54) is 56.3 Å².